The largest absolute Gasteiger partial charge is 0.497 e. The quantitative estimate of drug-likeness (QED) is 0.286. The molecule has 0 aliphatic heterocycles. The zero-order valence-corrected chi connectivity index (χ0v) is 17.5. The van der Waals surface area contributed by atoms with Gasteiger partial charge in [-0.05, 0) is 55.8 Å². The topological polar surface area (TPSA) is 104 Å². The van der Waals surface area contributed by atoms with Crippen molar-refractivity contribution in [3.63, 3.8) is 0 Å². The Kier molecular flexibility index (Phi) is 7.02. The predicted molar refractivity (Wildman–Crippen MR) is 116 cm³/mol. The molecule has 1 heterocycles. The number of anilines is 2. The van der Waals surface area contributed by atoms with E-state index < -0.39 is 0 Å². The number of hydrogen-bond donors (Lipinski definition) is 3. The minimum absolute atomic E-state index is 0.0847. The zero-order chi connectivity index (χ0) is 21.5. The van der Waals surface area contributed by atoms with Crippen molar-refractivity contribution < 1.29 is 13.9 Å². The summed E-state index contributed by atoms with van der Waals surface area (Å²) in [5.74, 6) is 0.568. The lowest BCUT2D eigenvalue weighted by atomic mass is 10.1. The number of nitrogens with one attached hydrogen (secondary N) is 3. The van der Waals surface area contributed by atoms with Gasteiger partial charge in [0.15, 0.2) is 0 Å². The van der Waals surface area contributed by atoms with Crippen molar-refractivity contribution in [1.29, 1.82) is 0 Å². The van der Waals surface area contributed by atoms with Crippen molar-refractivity contribution >= 4 is 35.0 Å². The number of carbonyl (C=O) groups excluding carboxylic acids is 1. The molecule has 8 nitrogen and oxygen atoms in total. The number of hydrogen-bond acceptors (Lipinski definition) is 7. The molecule has 0 fully saturated rings. The first-order chi connectivity index (χ1) is 14.5. The summed E-state index contributed by atoms with van der Waals surface area (Å²) >= 11 is 1.15. The highest BCUT2D eigenvalue weighted by Gasteiger charge is 2.10. The number of aromatic amines is 1. The first-order valence-electron chi connectivity index (χ1n) is 9.01. The molecule has 0 radical (unpaired) electrons. The lowest BCUT2D eigenvalue weighted by Gasteiger charge is -2.07. The highest BCUT2D eigenvalue weighted by molar-refractivity contribution is 7.99. The van der Waals surface area contributed by atoms with Crippen LogP contribution in [-0.4, -0.2) is 39.7 Å². The summed E-state index contributed by atoms with van der Waals surface area (Å²) in [4.78, 5) is 16.3. The van der Waals surface area contributed by atoms with Gasteiger partial charge in [0.25, 0.3) is 0 Å². The third-order valence-electron chi connectivity index (χ3n) is 4.18. The van der Waals surface area contributed by atoms with Crippen LogP contribution in [0.25, 0.3) is 0 Å². The van der Waals surface area contributed by atoms with E-state index >= 15 is 0 Å². The molecule has 0 aliphatic rings. The Morgan fingerprint density at radius 3 is 2.77 bits per heavy atom. The number of nitrogens with zero attached hydrogens (tertiary/aromatic N) is 3. The van der Waals surface area contributed by atoms with Crippen molar-refractivity contribution in [3.05, 3.63) is 59.4 Å². The van der Waals surface area contributed by atoms with Crippen LogP contribution >= 0.6 is 11.8 Å². The number of benzene rings is 2. The van der Waals surface area contributed by atoms with E-state index in [9.17, 15) is 9.18 Å². The van der Waals surface area contributed by atoms with Crippen molar-refractivity contribution in [1.82, 2.24) is 15.2 Å². The summed E-state index contributed by atoms with van der Waals surface area (Å²) in [5, 5.41) is 14.1. The van der Waals surface area contributed by atoms with Gasteiger partial charge in [-0.15, -0.1) is 5.10 Å². The molecule has 0 unspecified atom stereocenters. The van der Waals surface area contributed by atoms with Gasteiger partial charge in [-0.2, -0.15) is 10.1 Å². The van der Waals surface area contributed by atoms with E-state index in [1.807, 2.05) is 31.2 Å². The van der Waals surface area contributed by atoms with Gasteiger partial charge < -0.3 is 10.1 Å². The van der Waals surface area contributed by atoms with Crippen molar-refractivity contribution in [2.45, 2.75) is 19.0 Å². The standard InChI is InChI=1S/C20H21FN6O2S/c1-12-16(21)5-4-6-17(12)22-18(28)11-30-20-23-19(26-27-20)25-24-13(2)14-7-9-15(29-3)10-8-14/h4-10H,11H2,1-3H3,(H,22,28)(H2,23,25,26,27)/b24-13-. The molecule has 3 N–H and O–H groups in total. The van der Waals surface area contributed by atoms with Gasteiger partial charge in [0, 0.05) is 11.3 Å². The van der Waals surface area contributed by atoms with Gasteiger partial charge in [-0.1, -0.05) is 17.8 Å². The first kappa shape index (κ1) is 21.3. The third kappa shape index (κ3) is 5.57. The Balaban J connectivity index is 1.52. The molecular weight excluding hydrogens is 407 g/mol. The fourth-order valence-electron chi connectivity index (χ4n) is 2.45. The predicted octanol–water partition coefficient (Wildman–Crippen LogP) is 3.83. The number of thioether (sulfide) groups is 1. The smallest absolute Gasteiger partial charge is 0.240 e. The second-order valence-electron chi connectivity index (χ2n) is 6.25. The second-order valence-corrected chi connectivity index (χ2v) is 7.20. The van der Waals surface area contributed by atoms with Gasteiger partial charge in [0.2, 0.25) is 17.0 Å². The number of rotatable bonds is 8. The lowest BCUT2D eigenvalue weighted by Crippen LogP contribution is -2.15. The Bertz CT molecular complexity index is 1050. The number of methoxy groups -OCH3 is 1. The van der Waals surface area contributed by atoms with Gasteiger partial charge in [-0.25, -0.2) is 14.9 Å². The number of aromatic nitrogens is 3. The van der Waals surface area contributed by atoms with E-state index in [0.29, 0.717) is 22.4 Å². The Morgan fingerprint density at radius 1 is 1.27 bits per heavy atom. The lowest BCUT2D eigenvalue weighted by molar-refractivity contribution is -0.113. The number of carbonyl (C=O) groups is 1. The van der Waals surface area contributed by atoms with Crippen molar-refractivity contribution in [2.24, 2.45) is 5.10 Å². The maximum Gasteiger partial charge on any atom is 0.240 e. The summed E-state index contributed by atoms with van der Waals surface area (Å²) in [6, 6.07) is 12.1. The Hall–Kier alpha value is -3.40. The molecule has 3 rings (SSSR count). The van der Waals surface area contributed by atoms with Crippen molar-refractivity contribution in [2.75, 3.05) is 23.6 Å². The van der Waals surface area contributed by atoms with Crippen LogP contribution in [0.4, 0.5) is 16.0 Å². The van der Waals surface area contributed by atoms with Gasteiger partial charge >= 0.3 is 0 Å². The summed E-state index contributed by atoms with van der Waals surface area (Å²) in [7, 11) is 1.61. The molecule has 1 aromatic heterocycles. The molecule has 2 aromatic carbocycles. The summed E-state index contributed by atoms with van der Waals surface area (Å²) in [6.07, 6.45) is 0. The molecule has 3 aromatic rings. The van der Waals surface area contributed by atoms with E-state index in [0.717, 1.165) is 28.8 Å². The van der Waals surface area contributed by atoms with Crippen LogP contribution in [0, 0.1) is 12.7 Å². The minimum atomic E-state index is -0.365. The molecule has 1 amide bonds. The van der Waals surface area contributed by atoms with E-state index in [1.54, 1.807) is 26.2 Å². The average Bonchev–Trinajstić information content (AvgIpc) is 3.22. The van der Waals surface area contributed by atoms with Crippen LogP contribution in [0.2, 0.25) is 0 Å². The molecule has 0 spiro atoms. The Labute approximate surface area is 177 Å². The van der Waals surface area contributed by atoms with E-state index in [2.05, 4.69) is 31.0 Å². The van der Waals surface area contributed by atoms with Gasteiger partial charge in [-0.3, -0.25) is 4.79 Å². The molecular formula is C20H21FN6O2S. The molecule has 0 saturated heterocycles. The van der Waals surface area contributed by atoms with Crippen LogP contribution < -0.4 is 15.5 Å². The summed E-state index contributed by atoms with van der Waals surface area (Å²) in [5.41, 5.74) is 5.33. The minimum Gasteiger partial charge on any atom is -0.497 e. The molecule has 0 bridgehead atoms. The highest BCUT2D eigenvalue weighted by Crippen LogP contribution is 2.19. The fourth-order valence-corrected chi connectivity index (χ4v) is 3.05. The SMILES string of the molecule is COc1ccc(/C(C)=N\Nc2nc(SCC(=O)Nc3cccc(F)c3C)n[nH]2)cc1. The van der Waals surface area contributed by atoms with E-state index in [1.165, 1.54) is 6.07 Å². The number of H-pyrrole nitrogens is 1. The normalized spacial score (nSPS) is 11.3. The number of amides is 1. The Morgan fingerprint density at radius 2 is 2.03 bits per heavy atom. The molecule has 0 aliphatic carbocycles. The average molecular weight is 428 g/mol. The first-order valence-corrected chi connectivity index (χ1v) is 9.99. The van der Waals surface area contributed by atoms with Gasteiger partial charge in [0.1, 0.15) is 11.6 Å². The van der Waals surface area contributed by atoms with Crippen LogP contribution in [0.15, 0.2) is 52.7 Å². The van der Waals surface area contributed by atoms with Crippen LogP contribution in [-0.2, 0) is 4.79 Å². The fraction of sp³-hybridized carbons (Fsp3) is 0.200. The summed E-state index contributed by atoms with van der Waals surface area (Å²) < 4.78 is 18.7. The number of hydrazone groups is 1. The molecule has 30 heavy (non-hydrogen) atoms. The molecule has 156 valence electrons. The number of halogens is 1. The maximum absolute atomic E-state index is 13.6. The molecule has 0 atom stereocenters. The van der Waals surface area contributed by atoms with Crippen molar-refractivity contribution in [3.8, 4) is 5.75 Å². The summed E-state index contributed by atoms with van der Waals surface area (Å²) in [6.45, 7) is 3.47. The second kappa shape index (κ2) is 9.88. The van der Waals surface area contributed by atoms with E-state index in [4.69, 9.17) is 4.74 Å². The number of ether oxygens (including phenoxy) is 1. The molecule has 0 saturated carbocycles. The van der Waals surface area contributed by atoms with E-state index in [-0.39, 0.29) is 17.5 Å². The molecule has 10 heteroatoms. The van der Waals surface area contributed by atoms with Crippen LogP contribution in [0.3, 0.4) is 0 Å². The highest BCUT2D eigenvalue weighted by atomic mass is 32.2. The van der Waals surface area contributed by atoms with Crippen LogP contribution in [0.1, 0.15) is 18.1 Å². The zero-order valence-electron chi connectivity index (χ0n) is 16.7. The maximum atomic E-state index is 13.6. The van der Waals surface area contributed by atoms with Crippen LogP contribution in [0.5, 0.6) is 5.75 Å². The van der Waals surface area contributed by atoms with Gasteiger partial charge in [0.05, 0.1) is 18.6 Å². The monoisotopic (exact) mass is 428 g/mol. The third-order valence-corrected chi connectivity index (χ3v) is 5.02.